The van der Waals surface area contributed by atoms with Crippen LogP contribution >= 0.6 is 11.6 Å². The fourth-order valence-electron chi connectivity index (χ4n) is 3.39. The monoisotopic (exact) mass is 459 g/mol. The van der Waals surface area contributed by atoms with Gasteiger partial charge in [0, 0.05) is 23.9 Å². The van der Waals surface area contributed by atoms with Crippen molar-refractivity contribution in [3.63, 3.8) is 0 Å². The number of aryl methyl sites for hydroxylation is 1. The van der Waals surface area contributed by atoms with Crippen molar-refractivity contribution in [2.24, 2.45) is 0 Å². The van der Waals surface area contributed by atoms with Crippen molar-refractivity contribution < 1.29 is 14.6 Å². The van der Waals surface area contributed by atoms with Crippen molar-refractivity contribution in [3.05, 3.63) is 40.5 Å². The highest BCUT2D eigenvalue weighted by Gasteiger charge is 2.16. The number of benzene rings is 1. The van der Waals surface area contributed by atoms with E-state index in [-0.39, 0.29) is 12.6 Å². The maximum atomic E-state index is 9.82. The summed E-state index contributed by atoms with van der Waals surface area (Å²) in [6, 6.07) is 7.27. The van der Waals surface area contributed by atoms with Gasteiger partial charge in [0.2, 0.25) is 5.95 Å². The van der Waals surface area contributed by atoms with Crippen LogP contribution < -0.4 is 20.1 Å². The topological polar surface area (TPSA) is 101 Å². The Morgan fingerprint density at radius 1 is 1.09 bits per heavy atom. The van der Waals surface area contributed by atoms with Crippen LogP contribution in [-0.2, 0) is 6.54 Å². The van der Waals surface area contributed by atoms with Gasteiger partial charge in [-0.25, -0.2) is 9.97 Å². The molecule has 3 aromatic rings. The van der Waals surface area contributed by atoms with Crippen molar-refractivity contribution >= 4 is 34.4 Å². The van der Waals surface area contributed by atoms with E-state index in [1.54, 1.807) is 20.3 Å². The number of anilines is 2. The lowest BCUT2D eigenvalue weighted by Gasteiger charge is -2.19. The zero-order valence-electron chi connectivity index (χ0n) is 18.9. The number of ether oxygens (including phenoxy) is 2. The summed E-state index contributed by atoms with van der Waals surface area (Å²) in [5, 5.41) is 16.9. The largest absolute Gasteiger partial charge is 0.497 e. The van der Waals surface area contributed by atoms with E-state index in [0.29, 0.717) is 40.1 Å². The number of nitrogens with one attached hydrogen (secondary N) is 2. The minimum atomic E-state index is -0.135. The van der Waals surface area contributed by atoms with Gasteiger partial charge in [-0.1, -0.05) is 31.4 Å². The van der Waals surface area contributed by atoms with Gasteiger partial charge in [-0.2, -0.15) is 4.98 Å². The van der Waals surface area contributed by atoms with Gasteiger partial charge in [-0.3, -0.25) is 0 Å². The average molecular weight is 460 g/mol. The highest BCUT2D eigenvalue weighted by molar-refractivity contribution is 6.35. The number of unbranched alkanes of at least 4 members (excludes halogenated alkanes) is 1. The van der Waals surface area contributed by atoms with Gasteiger partial charge >= 0.3 is 0 Å². The van der Waals surface area contributed by atoms with Crippen LogP contribution in [0, 0.1) is 6.92 Å². The van der Waals surface area contributed by atoms with Crippen LogP contribution in [0.4, 0.5) is 11.8 Å². The zero-order valence-corrected chi connectivity index (χ0v) is 19.7. The van der Waals surface area contributed by atoms with E-state index in [1.807, 2.05) is 25.1 Å². The number of halogens is 1. The highest BCUT2D eigenvalue weighted by atomic mass is 35.5. The van der Waals surface area contributed by atoms with Crippen molar-refractivity contribution in [2.75, 3.05) is 31.5 Å². The van der Waals surface area contributed by atoms with E-state index in [1.165, 1.54) is 0 Å². The number of pyridine rings is 1. The number of rotatable bonds is 11. The van der Waals surface area contributed by atoms with E-state index >= 15 is 0 Å². The summed E-state index contributed by atoms with van der Waals surface area (Å²) in [5.74, 6) is 2.36. The standard InChI is InChI=1S/C23H30ClN5O3/c1-5-6-7-16(13-30)27-22-21-20(18(24)10-14(2)26-21)28-23(29-22)25-12-15-8-9-17(31-3)11-19(15)32-4/h8-11,16,30H,5-7,12-13H2,1-4H3,(H2,25,27,28,29)/t16-/m1/s1. The summed E-state index contributed by atoms with van der Waals surface area (Å²) in [4.78, 5) is 13.8. The van der Waals surface area contributed by atoms with Crippen molar-refractivity contribution in [1.29, 1.82) is 0 Å². The van der Waals surface area contributed by atoms with E-state index in [9.17, 15) is 5.11 Å². The third-order valence-electron chi connectivity index (χ3n) is 5.13. The second-order valence-electron chi connectivity index (χ2n) is 7.54. The smallest absolute Gasteiger partial charge is 0.225 e. The second kappa shape index (κ2) is 11.2. The van der Waals surface area contributed by atoms with E-state index in [2.05, 4.69) is 32.5 Å². The number of nitrogens with zero attached hydrogens (tertiary/aromatic N) is 3. The molecule has 32 heavy (non-hydrogen) atoms. The van der Waals surface area contributed by atoms with E-state index < -0.39 is 0 Å². The molecule has 3 N–H and O–H groups in total. The van der Waals surface area contributed by atoms with Crippen LogP contribution in [0.5, 0.6) is 11.5 Å². The number of hydrogen-bond donors (Lipinski definition) is 3. The molecule has 0 unspecified atom stereocenters. The number of aliphatic hydroxyl groups is 1. The van der Waals surface area contributed by atoms with Crippen molar-refractivity contribution in [3.8, 4) is 11.5 Å². The Balaban J connectivity index is 1.93. The van der Waals surface area contributed by atoms with Gasteiger partial charge in [0.15, 0.2) is 5.82 Å². The Hall–Kier alpha value is -2.84. The average Bonchev–Trinajstić information content (AvgIpc) is 2.80. The lowest BCUT2D eigenvalue weighted by atomic mass is 10.1. The molecule has 0 saturated heterocycles. The fraction of sp³-hybridized carbons (Fsp3) is 0.435. The molecule has 0 spiro atoms. The van der Waals surface area contributed by atoms with Crippen LogP contribution in [0.25, 0.3) is 11.0 Å². The molecule has 1 aromatic carbocycles. The highest BCUT2D eigenvalue weighted by Crippen LogP contribution is 2.29. The minimum Gasteiger partial charge on any atom is -0.497 e. The molecule has 8 nitrogen and oxygen atoms in total. The summed E-state index contributed by atoms with van der Waals surface area (Å²) in [6.45, 7) is 4.43. The molecule has 2 aromatic heterocycles. The Morgan fingerprint density at radius 2 is 1.91 bits per heavy atom. The Morgan fingerprint density at radius 3 is 2.59 bits per heavy atom. The maximum Gasteiger partial charge on any atom is 0.225 e. The van der Waals surface area contributed by atoms with Crippen LogP contribution in [0.15, 0.2) is 24.3 Å². The first-order chi connectivity index (χ1) is 15.5. The number of fused-ring (bicyclic) bond motifs is 1. The first-order valence-electron chi connectivity index (χ1n) is 10.7. The Kier molecular flexibility index (Phi) is 8.30. The lowest BCUT2D eigenvalue weighted by Crippen LogP contribution is -2.25. The van der Waals surface area contributed by atoms with Gasteiger partial charge in [-0.05, 0) is 31.5 Å². The summed E-state index contributed by atoms with van der Waals surface area (Å²) in [5.41, 5.74) is 2.83. The maximum absolute atomic E-state index is 9.82. The molecule has 0 fully saturated rings. The number of aromatic nitrogens is 3. The van der Waals surface area contributed by atoms with Crippen LogP contribution in [-0.4, -0.2) is 46.9 Å². The molecule has 0 amide bonds. The number of aliphatic hydroxyl groups excluding tert-OH is 1. The number of hydrogen-bond acceptors (Lipinski definition) is 8. The van der Waals surface area contributed by atoms with Crippen molar-refractivity contribution in [2.45, 2.75) is 45.7 Å². The van der Waals surface area contributed by atoms with Gasteiger partial charge in [0.25, 0.3) is 0 Å². The van der Waals surface area contributed by atoms with Crippen LogP contribution in [0.2, 0.25) is 5.02 Å². The quantitative estimate of drug-likeness (QED) is 0.383. The summed E-state index contributed by atoms with van der Waals surface area (Å²) in [6.07, 6.45) is 2.86. The third kappa shape index (κ3) is 5.69. The van der Waals surface area contributed by atoms with Gasteiger partial charge in [0.05, 0.1) is 31.9 Å². The summed E-state index contributed by atoms with van der Waals surface area (Å²) in [7, 11) is 3.23. The molecule has 1 atom stereocenters. The molecule has 0 saturated carbocycles. The molecule has 0 aliphatic heterocycles. The molecule has 0 aliphatic rings. The van der Waals surface area contributed by atoms with Crippen LogP contribution in [0.1, 0.15) is 37.4 Å². The second-order valence-corrected chi connectivity index (χ2v) is 7.94. The first-order valence-corrected chi connectivity index (χ1v) is 11.0. The lowest BCUT2D eigenvalue weighted by molar-refractivity contribution is 0.267. The molecule has 172 valence electrons. The number of methoxy groups -OCH3 is 2. The first kappa shape index (κ1) is 23.8. The zero-order chi connectivity index (χ0) is 23.1. The predicted molar refractivity (Wildman–Crippen MR) is 128 cm³/mol. The molecule has 0 bridgehead atoms. The Bertz CT molecular complexity index is 1060. The SMILES string of the molecule is CCCC[C@H](CO)Nc1nc(NCc2ccc(OC)cc2OC)nc2c(Cl)cc(C)nc12. The van der Waals surface area contributed by atoms with Crippen molar-refractivity contribution in [1.82, 2.24) is 15.0 Å². The minimum absolute atomic E-state index is 0.00312. The summed E-state index contributed by atoms with van der Waals surface area (Å²) >= 11 is 6.49. The predicted octanol–water partition coefficient (Wildman–Crippen LogP) is 4.58. The molecular formula is C23H30ClN5O3. The van der Waals surface area contributed by atoms with Gasteiger partial charge < -0.3 is 25.2 Å². The van der Waals surface area contributed by atoms with Gasteiger partial charge in [-0.15, -0.1) is 0 Å². The normalized spacial score (nSPS) is 11.9. The Labute approximate surface area is 193 Å². The third-order valence-corrected chi connectivity index (χ3v) is 5.42. The van der Waals surface area contributed by atoms with Gasteiger partial charge in [0.1, 0.15) is 22.5 Å². The van der Waals surface area contributed by atoms with Crippen LogP contribution in [0.3, 0.4) is 0 Å². The molecule has 3 rings (SSSR count). The van der Waals surface area contributed by atoms with E-state index in [4.69, 9.17) is 21.1 Å². The molecule has 2 heterocycles. The molecule has 0 radical (unpaired) electrons. The molecular weight excluding hydrogens is 430 g/mol. The molecule has 0 aliphatic carbocycles. The molecule has 9 heteroatoms. The fourth-order valence-corrected chi connectivity index (χ4v) is 3.68. The summed E-state index contributed by atoms with van der Waals surface area (Å²) < 4.78 is 10.7. The van der Waals surface area contributed by atoms with E-state index in [0.717, 1.165) is 36.3 Å².